The number of carboxylic acids is 1. The second-order valence-electron chi connectivity index (χ2n) is 8.35. The van der Waals surface area contributed by atoms with E-state index in [0.29, 0.717) is 37.1 Å². The van der Waals surface area contributed by atoms with Crippen molar-refractivity contribution in [3.8, 4) is 17.0 Å². The van der Waals surface area contributed by atoms with Crippen molar-refractivity contribution in [2.24, 2.45) is 5.92 Å². The Kier molecular flexibility index (Phi) is 8.48. The van der Waals surface area contributed by atoms with Crippen LogP contribution in [-0.4, -0.2) is 42.3 Å². The van der Waals surface area contributed by atoms with Gasteiger partial charge in [-0.3, -0.25) is 9.69 Å². The maximum atomic E-state index is 12.4. The van der Waals surface area contributed by atoms with E-state index in [1.54, 1.807) is 13.1 Å². The smallest absolute Gasteiger partial charge is 0.322 e. The van der Waals surface area contributed by atoms with Crippen molar-refractivity contribution in [2.45, 2.75) is 51.9 Å². The molecule has 1 fully saturated rings. The minimum Gasteiger partial charge on any atom is -0.493 e. The van der Waals surface area contributed by atoms with E-state index < -0.39 is 5.97 Å². The van der Waals surface area contributed by atoms with Crippen molar-refractivity contribution < 1.29 is 19.4 Å². The molecule has 0 radical (unpaired) electrons. The number of benzene rings is 1. The summed E-state index contributed by atoms with van der Waals surface area (Å²) in [6.45, 7) is 3.43. The number of ether oxygens (including phenoxy) is 1. The second-order valence-corrected chi connectivity index (χ2v) is 8.35. The normalized spacial score (nSPS) is 12.9. The Morgan fingerprint density at radius 1 is 1.22 bits per heavy atom. The quantitative estimate of drug-likeness (QED) is 0.460. The van der Waals surface area contributed by atoms with Crippen LogP contribution >= 0.6 is 0 Å². The highest BCUT2D eigenvalue weighted by Gasteiger charge is 2.22. The molecule has 32 heavy (non-hydrogen) atoms. The number of pyridine rings is 1. The van der Waals surface area contributed by atoms with Gasteiger partial charge >= 0.3 is 12.0 Å². The monoisotopic (exact) mass is 439 g/mol. The first-order valence-corrected chi connectivity index (χ1v) is 11.4. The number of amides is 2. The molecule has 2 amide bonds. The fourth-order valence-electron chi connectivity index (χ4n) is 3.35. The number of hydrogen-bond donors (Lipinski definition) is 2. The minimum absolute atomic E-state index is 0.0605. The van der Waals surface area contributed by atoms with Gasteiger partial charge in [0, 0.05) is 25.6 Å². The number of aromatic nitrogens is 1. The second kappa shape index (κ2) is 11.5. The molecule has 1 aromatic carbocycles. The summed E-state index contributed by atoms with van der Waals surface area (Å²) in [5.41, 5.74) is 2.49. The zero-order valence-electron chi connectivity index (χ0n) is 19.0. The highest BCUT2D eigenvalue weighted by Crippen LogP contribution is 2.33. The lowest BCUT2D eigenvalue weighted by atomic mass is 10.0. The van der Waals surface area contributed by atoms with Gasteiger partial charge in [-0.1, -0.05) is 38.0 Å². The molecule has 2 N–H and O–H groups in total. The summed E-state index contributed by atoms with van der Waals surface area (Å²) in [7, 11) is 1.71. The van der Waals surface area contributed by atoms with Crippen LogP contribution in [0.15, 0.2) is 36.4 Å². The number of hydrogen-bond acceptors (Lipinski definition) is 4. The SMILES string of the molecule is CCCCCNC(=O)N(C)c1cccc(-c2ccc(CCC(=O)O)c(OCC3CC3)c2)n1. The lowest BCUT2D eigenvalue weighted by Crippen LogP contribution is -2.38. The average molecular weight is 440 g/mol. The Hall–Kier alpha value is -3.09. The minimum atomic E-state index is -0.826. The average Bonchev–Trinajstić information content (AvgIpc) is 3.63. The number of unbranched alkanes of at least 4 members (excludes halogenated alkanes) is 2. The van der Waals surface area contributed by atoms with E-state index in [-0.39, 0.29) is 12.5 Å². The maximum absolute atomic E-state index is 12.4. The van der Waals surface area contributed by atoms with Gasteiger partial charge in [0.1, 0.15) is 11.6 Å². The standard InChI is InChI=1S/C25H33N3O4/c1-3-4-5-15-26-25(31)28(2)23-8-6-7-21(27-23)20-12-11-19(13-14-24(29)30)22(16-20)32-17-18-9-10-18/h6-8,11-12,16,18H,3-5,9-10,13-15,17H2,1-2H3,(H,26,31)(H,29,30). The van der Waals surface area contributed by atoms with Crippen LogP contribution < -0.4 is 15.0 Å². The van der Waals surface area contributed by atoms with E-state index in [1.165, 1.54) is 17.7 Å². The molecular formula is C25H33N3O4. The molecule has 1 heterocycles. The highest BCUT2D eigenvalue weighted by atomic mass is 16.5. The fraction of sp³-hybridized carbons (Fsp3) is 0.480. The van der Waals surface area contributed by atoms with E-state index in [0.717, 1.165) is 36.1 Å². The molecule has 1 aliphatic carbocycles. The first kappa shape index (κ1) is 23.6. The summed E-state index contributed by atoms with van der Waals surface area (Å²) < 4.78 is 6.04. The van der Waals surface area contributed by atoms with Crippen molar-refractivity contribution in [1.29, 1.82) is 0 Å². The molecule has 0 unspecified atom stereocenters. The summed E-state index contributed by atoms with van der Waals surface area (Å²) in [5, 5.41) is 12.0. The van der Waals surface area contributed by atoms with E-state index in [2.05, 4.69) is 17.2 Å². The molecule has 0 bridgehead atoms. The molecule has 1 saturated carbocycles. The third-order valence-electron chi connectivity index (χ3n) is 5.58. The number of urea groups is 1. The van der Waals surface area contributed by atoms with Gasteiger partial charge in [-0.25, -0.2) is 9.78 Å². The fourth-order valence-corrected chi connectivity index (χ4v) is 3.35. The van der Waals surface area contributed by atoms with E-state index >= 15 is 0 Å². The molecule has 0 aliphatic heterocycles. The molecular weight excluding hydrogens is 406 g/mol. The Bertz CT molecular complexity index is 927. The maximum Gasteiger partial charge on any atom is 0.322 e. The van der Waals surface area contributed by atoms with E-state index in [4.69, 9.17) is 9.84 Å². The Morgan fingerprint density at radius 3 is 2.75 bits per heavy atom. The summed E-state index contributed by atoms with van der Waals surface area (Å²) in [6, 6.07) is 11.2. The number of carboxylic acid groups (broad SMARTS) is 1. The summed E-state index contributed by atoms with van der Waals surface area (Å²) in [4.78, 5) is 29.6. The number of carbonyl (C=O) groups excluding carboxylic acids is 1. The number of carbonyl (C=O) groups is 2. The van der Waals surface area contributed by atoms with Gasteiger partial charge in [-0.15, -0.1) is 0 Å². The highest BCUT2D eigenvalue weighted by molar-refractivity contribution is 5.90. The van der Waals surface area contributed by atoms with Crippen molar-refractivity contribution in [1.82, 2.24) is 10.3 Å². The summed E-state index contributed by atoms with van der Waals surface area (Å²) in [5.74, 6) is 1.04. The molecule has 2 aromatic rings. The molecule has 7 nitrogen and oxygen atoms in total. The Balaban J connectivity index is 1.75. The van der Waals surface area contributed by atoms with Crippen molar-refractivity contribution in [2.75, 3.05) is 25.1 Å². The van der Waals surface area contributed by atoms with Crippen LogP contribution in [0.4, 0.5) is 10.6 Å². The Labute approximate surface area is 189 Å². The number of rotatable bonds is 12. The number of nitrogens with one attached hydrogen (secondary N) is 1. The van der Waals surface area contributed by atoms with Crippen molar-refractivity contribution >= 4 is 17.8 Å². The predicted octanol–water partition coefficient (Wildman–Crippen LogP) is 4.89. The molecule has 7 heteroatoms. The van der Waals surface area contributed by atoms with Gasteiger partial charge in [0.05, 0.1) is 12.3 Å². The zero-order valence-corrected chi connectivity index (χ0v) is 19.0. The van der Waals surface area contributed by atoms with Gasteiger partial charge in [0.25, 0.3) is 0 Å². The van der Waals surface area contributed by atoms with Gasteiger partial charge < -0.3 is 15.2 Å². The van der Waals surface area contributed by atoms with Crippen LogP contribution in [0.25, 0.3) is 11.3 Å². The molecule has 1 aliphatic rings. The Morgan fingerprint density at radius 2 is 2.03 bits per heavy atom. The molecule has 1 aromatic heterocycles. The van der Waals surface area contributed by atoms with Crippen LogP contribution in [0.1, 0.15) is 51.0 Å². The summed E-state index contributed by atoms with van der Waals surface area (Å²) >= 11 is 0. The summed E-state index contributed by atoms with van der Waals surface area (Å²) in [6.07, 6.45) is 6.00. The first-order chi connectivity index (χ1) is 15.5. The first-order valence-electron chi connectivity index (χ1n) is 11.4. The number of aryl methyl sites for hydroxylation is 1. The lowest BCUT2D eigenvalue weighted by molar-refractivity contribution is -0.136. The topological polar surface area (TPSA) is 91.8 Å². The zero-order chi connectivity index (χ0) is 22.9. The van der Waals surface area contributed by atoms with Crippen LogP contribution in [-0.2, 0) is 11.2 Å². The van der Waals surface area contributed by atoms with E-state index in [1.807, 2.05) is 30.3 Å². The van der Waals surface area contributed by atoms with E-state index in [9.17, 15) is 9.59 Å². The molecule has 172 valence electrons. The number of nitrogens with zero attached hydrogens (tertiary/aromatic N) is 2. The largest absolute Gasteiger partial charge is 0.493 e. The molecule has 0 spiro atoms. The molecule has 3 rings (SSSR count). The predicted molar refractivity (Wildman–Crippen MR) is 125 cm³/mol. The van der Waals surface area contributed by atoms with Crippen LogP contribution in [0, 0.1) is 5.92 Å². The van der Waals surface area contributed by atoms with Gasteiger partial charge in [0.2, 0.25) is 0 Å². The number of anilines is 1. The van der Waals surface area contributed by atoms with Crippen LogP contribution in [0.2, 0.25) is 0 Å². The van der Waals surface area contributed by atoms with Gasteiger partial charge in [0.15, 0.2) is 0 Å². The third-order valence-corrected chi connectivity index (χ3v) is 5.58. The number of aliphatic carboxylic acids is 1. The van der Waals surface area contributed by atoms with Crippen molar-refractivity contribution in [3.63, 3.8) is 0 Å². The van der Waals surface area contributed by atoms with Crippen LogP contribution in [0.3, 0.4) is 0 Å². The van der Waals surface area contributed by atoms with Gasteiger partial charge in [-0.05, 0) is 55.4 Å². The lowest BCUT2D eigenvalue weighted by Gasteiger charge is -2.18. The molecule has 0 saturated heterocycles. The van der Waals surface area contributed by atoms with Gasteiger partial charge in [-0.2, -0.15) is 0 Å². The molecule has 0 atom stereocenters. The van der Waals surface area contributed by atoms with Crippen molar-refractivity contribution in [3.05, 3.63) is 42.0 Å². The third kappa shape index (κ3) is 6.97. The van der Waals surface area contributed by atoms with Crippen LogP contribution in [0.5, 0.6) is 5.75 Å².